The van der Waals surface area contributed by atoms with Crippen LogP contribution in [0.1, 0.15) is 12.5 Å². The van der Waals surface area contributed by atoms with Gasteiger partial charge in [-0.25, -0.2) is 0 Å². The van der Waals surface area contributed by atoms with Crippen molar-refractivity contribution in [2.45, 2.75) is 13.3 Å². The number of amides is 2. The number of hydrogen-bond donors (Lipinski definition) is 2. The van der Waals surface area contributed by atoms with Crippen LogP contribution >= 0.6 is 0 Å². The maximum atomic E-state index is 11.9. The van der Waals surface area contributed by atoms with Crippen molar-refractivity contribution in [3.05, 3.63) is 48.0 Å². The molecule has 0 aromatic heterocycles. The van der Waals surface area contributed by atoms with Crippen LogP contribution in [0, 0.1) is 0 Å². The number of carbonyl (C=O) groups is 3. The van der Waals surface area contributed by atoms with E-state index >= 15 is 0 Å². The van der Waals surface area contributed by atoms with Crippen molar-refractivity contribution in [3.63, 3.8) is 0 Å². The average Bonchev–Trinajstić information content (AvgIpc) is 3.09. The third kappa shape index (κ3) is 5.21. The second-order valence-corrected chi connectivity index (χ2v) is 5.83. The van der Waals surface area contributed by atoms with E-state index in [0.717, 1.165) is 0 Å². The molecule has 2 N–H and O–H groups in total. The van der Waals surface area contributed by atoms with Crippen molar-refractivity contribution < 1.29 is 28.6 Å². The van der Waals surface area contributed by atoms with Gasteiger partial charge in [0, 0.05) is 24.4 Å². The van der Waals surface area contributed by atoms with Crippen molar-refractivity contribution in [3.8, 4) is 11.5 Å². The SMILES string of the molecule is CC(=O)Nc1ccc(CC(=O)OCC(=O)Nc2ccc3c(c2)OCO3)cc1. The smallest absolute Gasteiger partial charge is 0.310 e. The Kier molecular flexibility index (Phi) is 5.55. The Balaban J connectivity index is 1.44. The van der Waals surface area contributed by atoms with Gasteiger partial charge in [0.15, 0.2) is 18.1 Å². The molecule has 0 saturated carbocycles. The van der Waals surface area contributed by atoms with Crippen molar-refractivity contribution in [1.29, 1.82) is 0 Å². The van der Waals surface area contributed by atoms with Gasteiger partial charge < -0.3 is 24.8 Å². The normalized spacial score (nSPS) is 11.6. The lowest BCUT2D eigenvalue weighted by Gasteiger charge is -2.08. The summed E-state index contributed by atoms with van der Waals surface area (Å²) in [6.07, 6.45) is 0.0255. The molecule has 0 radical (unpaired) electrons. The number of ether oxygens (including phenoxy) is 3. The van der Waals surface area contributed by atoms with E-state index in [4.69, 9.17) is 14.2 Å². The van der Waals surface area contributed by atoms with Crippen LogP contribution in [0.5, 0.6) is 11.5 Å². The summed E-state index contributed by atoms with van der Waals surface area (Å²) in [7, 11) is 0. The monoisotopic (exact) mass is 370 g/mol. The van der Waals surface area contributed by atoms with E-state index < -0.39 is 18.5 Å². The molecule has 1 aliphatic heterocycles. The molecule has 8 nitrogen and oxygen atoms in total. The van der Waals surface area contributed by atoms with Crippen LogP contribution in [-0.4, -0.2) is 31.2 Å². The molecule has 2 amide bonds. The topological polar surface area (TPSA) is 103 Å². The highest BCUT2D eigenvalue weighted by molar-refractivity contribution is 5.93. The van der Waals surface area contributed by atoms with Crippen molar-refractivity contribution in [2.75, 3.05) is 24.0 Å². The van der Waals surface area contributed by atoms with Gasteiger partial charge in [0.05, 0.1) is 6.42 Å². The summed E-state index contributed by atoms with van der Waals surface area (Å²) < 4.78 is 15.4. The number of nitrogens with one attached hydrogen (secondary N) is 2. The Morgan fingerprint density at radius 3 is 2.41 bits per heavy atom. The van der Waals surface area contributed by atoms with E-state index in [1.807, 2.05) is 0 Å². The number of benzene rings is 2. The van der Waals surface area contributed by atoms with Gasteiger partial charge in [0.25, 0.3) is 5.91 Å². The quantitative estimate of drug-likeness (QED) is 0.755. The lowest BCUT2D eigenvalue weighted by Crippen LogP contribution is -2.21. The lowest BCUT2D eigenvalue weighted by atomic mass is 10.1. The number of rotatable bonds is 6. The largest absolute Gasteiger partial charge is 0.455 e. The molecule has 140 valence electrons. The maximum absolute atomic E-state index is 11.9. The third-order valence-electron chi connectivity index (χ3n) is 3.64. The third-order valence-corrected chi connectivity index (χ3v) is 3.64. The Labute approximate surface area is 155 Å². The fourth-order valence-corrected chi connectivity index (χ4v) is 2.44. The first-order valence-corrected chi connectivity index (χ1v) is 8.21. The van der Waals surface area contributed by atoms with Gasteiger partial charge in [-0.1, -0.05) is 12.1 Å². The molecule has 2 aromatic carbocycles. The fraction of sp³-hybridized carbons (Fsp3) is 0.211. The van der Waals surface area contributed by atoms with Crippen LogP contribution in [0.25, 0.3) is 0 Å². The molecule has 0 saturated heterocycles. The van der Waals surface area contributed by atoms with Crippen LogP contribution in [0.15, 0.2) is 42.5 Å². The first-order valence-electron chi connectivity index (χ1n) is 8.21. The first-order chi connectivity index (χ1) is 13.0. The molecule has 0 bridgehead atoms. The Morgan fingerprint density at radius 2 is 1.67 bits per heavy atom. The molecule has 8 heteroatoms. The summed E-state index contributed by atoms with van der Waals surface area (Å²) in [5, 5.41) is 5.26. The Morgan fingerprint density at radius 1 is 0.963 bits per heavy atom. The van der Waals surface area contributed by atoms with E-state index in [1.165, 1.54) is 6.92 Å². The first kappa shape index (κ1) is 18.2. The summed E-state index contributed by atoms with van der Waals surface area (Å²) >= 11 is 0. The molecule has 0 fully saturated rings. The zero-order valence-electron chi connectivity index (χ0n) is 14.6. The summed E-state index contributed by atoms with van der Waals surface area (Å²) in [5.74, 6) is 0.0124. The predicted octanol–water partition coefficient (Wildman–Crippen LogP) is 2.10. The lowest BCUT2D eigenvalue weighted by molar-refractivity contribution is -0.146. The molecule has 0 spiro atoms. The molecule has 0 aliphatic carbocycles. The average molecular weight is 370 g/mol. The van der Waals surface area contributed by atoms with Crippen LogP contribution in [0.2, 0.25) is 0 Å². The van der Waals surface area contributed by atoms with Crippen LogP contribution in [0.4, 0.5) is 11.4 Å². The van der Waals surface area contributed by atoms with Crippen LogP contribution in [0.3, 0.4) is 0 Å². The number of hydrogen-bond acceptors (Lipinski definition) is 6. The number of carbonyl (C=O) groups excluding carboxylic acids is 3. The summed E-state index contributed by atoms with van der Waals surface area (Å²) in [6, 6.07) is 11.8. The Hall–Kier alpha value is -3.55. The van der Waals surface area contributed by atoms with E-state index in [9.17, 15) is 14.4 Å². The van der Waals surface area contributed by atoms with E-state index in [1.54, 1.807) is 42.5 Å². The van der Waals surface area contributed by atoms with Gasteiger partial charge in [-0.05, 0) is 29.8 Å². The molecule has 3 rings (SSSR count). The molecule has 27 heavy (non-hydrogen) atoms. The Bertz CT molecular complexity index is 863. The molecule has 1 aliphatic rings. The highest BCUT2D eigenvalue weighted by atomic mass is 16.7. The molecule has 0 atom stereocenters. The summed E-state index contributed by atoms with van der Waals surface area (Å²) in [5.41, 5.74) is 1.88. The van der Waals surface area contributed by atoms with Gasteiger partial charge in [-0.3, -0.25) is 14.4 Å². The van der Waals surface area contributed by atoms with Gasteiger partial charge in [0.2, 0.25) is 12.7 Å². The minimum absolute atomic E-state index is 0.0255. The number of anilines is 2. The maximum Gasteiger partial charge on any atom is 0.310 e. The van der Waals surface area contributed by atoms with Gasteiger partial charge >= 0.3 is 5.97 Å². The summed E-state index contributed by atoms with van der Waals surface area (Å²) in [6.45, 7) is 1.17. The minimum atomic E-state index is -0.525. The van der Waals surface area contributed by atoms with E-state index in [2.05, 4.69) is 10.6 Å². The number of esters is 1. The molecule has 2 aromatic rings. The van der Waals surface area contributed by atoms with Gasteiger partial charge in [-0.15, -0.1) is 0 Å². The molecular formula is C19H18N2O6. The second-order valence-electron chi connectivity index (χ2n) is 5.83. The van der Waals surface area contributed by atoms with Gasteiger partial charge in [0.1, 0.15) is 0 Å². The predicted molar refractivity (Wildman–Crippen MR) is 96.6 cm³/mol. The second kappa shape index (κ2) is 8.22. The van der Waals surface area contributed by atoms with Crippen molar-refractivity contribution in [2.24, 2.45) is 0 Å². The van der Waals surface area contributed by atoms with Crippen LogP contribution in [-0.2, 0) is 25.5 Å². The van der Waals surface area contributed by atoms with Crippen molar-refractivity contribution in [1.82, 2.24) is 0 Å². The highest BCUT2D eigenvalue weighted by Gasteiger charge is 2.15. The molecule has 1 heterocycles. The van der Waals surface area contributed by atoms with Crippen LogP contribution < -0.4 is 20.1 Å². The summed E-state index contributed by atoms with van der Waals surface area (Å²) in [4.78, 5) is 34.8. The van der Waals surface area contributed by atoms with E-state index in [0.29, 0.717) is 28.4 Å². The molecule has 0 unspecified atom stereocenters. The minimum Gasteiger partial charge on any atom is -0.455 e. The zero-order chi connectivity index (χ0) is 19.2. The fourth-order valence-electron chi connectivity index (χ4n) is 2.44. The number of fused-ring (bicyclic) bond motifs is 1. The molecular weight excluding hydrogens is 352 g/mol. The zero-order valence-corrected chi connectivity index (χ0v) is 14.6. The van der Waals surface area contributed by atoms with Gasteiger partial charge in [-0.2, -0.15) is 0 Å². The highest BCUT2D eigenvalue weighted by Crippen LogP contribution is 2.34. The van der Waals surface area contributed by atoms with E-state index in [-0.39, 0.29) is 19.1 Å². The van der Waals surface area contributed by atoms with Crippen molar-refractivity contribution >= 4 is 29.2 Å². The standard InChI is InChI=1S/C19H18N2O6/c1-12(22)20-14-4-2-13(3-5-14)8-19(24)25-10-18(23)21-15-6-7-16-17(9-15)27-11-26-16/h2-7,9H,8,10-11H2,1H3,(H,20,22)(H,21,23).